The van der Waals surface area contributed by atoms with Crippen LogP contribution >= 0.6 is 33.9 Å². The summed E-state index contributed by atoms with van der Waals surface area (Å²) in [6.07, 6.45) is 6.75. The summed E-state index contributed by atoms with van der Waals surface area (Å²) in [5.41, 5.74) is 0. The standard InChI is InChI=1S/C13H15Cl3O3S/c14-12-10(19-9-5-3-1-2-4-6-9)7-8-11(13(12)15)20(16,17)18/h7-9H,1-6H2. The fourth-order valence-electron chi connectivity index (χ4n) is 2.33. The van der Waals surface area contributed by atoms with E-state index in [2.05, 4.69) is 0 Å². The molecule has 0 amide bonds. The Labute approximate surface area is 133 Å². The molecule has 1 aromatic rings. The summed E-state index contributed by atoms with van der Waals surface area (Å²) >= 11 is 12.0. The second-order valence-corrected chi connectivity index (χ2v) is 8.15. The van der Waals surface area contributed by atoms with E-state index in [4.69, 9.17) is 38.6 Å². The van der Waals surface area contributed by atoms with Gasteiger partial charge in [-0.25, -0.2) is 8.42 Å². The lowest BCUT2D eigenvalue weighted by atomic mass is 10.1. The second kappa shape index (κ2) is 6.73. The van der Waals surface area contributed by atoms with E-state index in [0.29, 0.717) is 5.75 Å². The normalized spacial score (nSPS) is 17.8. The smallest absolute Gasteiger partial charge is 0.262 e. The van der Waals surface area contributed by atoms with Crippen LogP contribution in [0.15, 0.2) is 17.0 Å². The van der Waals surface area contributed by atoms with Crippen molar-refractivity contribution in [1.82, 2.24) is 0 Å². The molecule has 1 aliphatic carbocycles. The number of ether oxygens (including phenoxy) is 1. The zero-order chi connectivity index (χ0) is 14.8. The maximum atomic E-state index is 11.3. The largest absolute Gasteiger partial charge is 0.489 e. The molecule has 2 rings (SSSR count). The van der Waals surface area contributed by atoms with Crippen LogP contribution in [0.3, 0.4) is 0 Å². The van der Waals surface area contributed by atoms with Gasteiger partial charge in [0.2, 0.25) is 0 Å². The summed E-state index contributed by atoms with van der Waals surface area (Å²) in [4.78, 5) is -0.195. The van der Waals surface area contributed by atoms with Gasteiger partial charge < -0.3 is 4.74 Å². The molecule has 1 aliphatic rings. The van der Waals surface area contributed by atoms with Crippen LogP contribution < -0.4 is 4.74 Å². The summed E-state index contributed by atoms with van der Waals surface area (Å²) in [7, 11) is 1.38. The molecule has 7 heteroatoms. The van der Waals surface area contributed by atoms with Crippen molar-refractivity contribution in [3.63, 3.8) is 0 Å². The SMILES string of the molecule is O=S(=O)(Cl)c1ccc(OC2CCCCCC2)c(Cl)c1Cl. The Morgan fingerprint density at radius 1 is 1.00 bits per heavy atom. The van der Waals surface area contributed by atoms with Gasteiger partial charge in [-0.2, -0.15) is 0 Å². The fourth-order valence-corrected chi connectivity index (χ4v) is 4.11. The molecule has 0 heterocycles. The Kier molecular flexibility index (Phi) is 5.46. The van der Waals surface area contributed by atoms with Crippen molar-refractivity contribution >= 4 is 42.9 Å². The van der Waals surface area contributed by atoms with Crippen molar-refractivity contribution in [3.8, 4) is 5.75 Å². The number of hydrogen-bond donors (Lipinski definition) is 0. The Morgan fingerprint density at radius 3 is 2.15 bits per heavy atom. The lowest BCUT2D eigenvalue weighted by Gasteiger charge is -2.18. The van der Waals surface area contributed by atoms with Gasteiger partial charge in [-0.3, -0.25) is 0 Å². The molecule has 0 unspecified atom stereocenters. The van der Waals surface area contributed by atoms with E-state index in [1.54, 1.807) is 0 Å². The van der Waals surface area contributed by atoms with Crippen LogP contribution in [0.2, 0.25) is 10.0 Å². The van der Waals surface area contributed by atoms with Crippen LogP contribution in [-0.4, -0.2) is 14.5 Å². The zero-order valence-electron chi connectivity index (χ0n) is 10.7. The minimum absolute atomic E-state index is 0.0900. The van der Waals surface area contributed by atoms with Gasteiger partial charge in [-0.15, -0.1) is 0 Å². The van der Waals surface area contributed by atoms with Crippen LogP contribution in [0, 0.1) is 0 Å². The highest BCUT2D eigenvalue weighted by atomic mass is 35.7. The van der Waals surface area contributed by atoms with Gasteiger partial charge in [0.25, 0.3) is 9.05 Å². The first kappa shape index (κ1) is 16.2. The van der Waals surface area contributed by atoms with Gasteiger partial charge in [0.05, 0.1) is 11.1 Å². The van der Waals surface area contributed by atoms with Crippen LogP contribution in [0.25, 0.3) is 0 Å². The van der Waals surface area contributed by atoms with E-state index in [1.807, 2.05) is 0 Å². The Balaban J connectivity index is 2.23. The van der Waals surface area contributed by atoms with Gasteiger partial charge in [-0.05, 0) is 37.8 Å². The topological polar surface area (TPSA) is 43.4 Å². The van der Waals surface area contributed by atoms with E-state index in [0.717, 1.165) is 25.7 Å². The monoisotopic (exact) mass is 356 g/mol. The molecule has 0 aliphatic heterocycles. The maximum Gasteiger partial charge on any atom is 0.262 e. The maximum absolute atomic E-state index is 11.3. The summed E-state index contributed by atoms with van der Waals surface area (Å²) in [6, 6.07) is 2.83. The van der Waals surface area contributed by atoms with E-state index >= 15 is 0 Å². The first-order chi connectivity index (χ1) is 9.39. The molecule has 0 spiro atoms. The predicted molar refractivity (Wildman–Crippen MR) is 81.6 cm³/mol. The lowest BCUT2D eigenvalue weighted by Crippen LogP contribution is -2.15. The first-order valence-corrected chi connectivity index (χ1v) is 9.55. The molecule has 0 atom stereocenters. The molecule has 0 N–H and O–H groups in total. The average molecular weight is 358 g/mol. The van der Waals surface area contributed by atoms with E-state index < -0.39 is 9.05 Å². The van der Waals surface area contributed by atoms with Crippen molar-refractivity contribution < 1.29 is 13.2 Å². The Bertz CT molecular complexity index is 579. The van der Waals surface area contributed by atoms with Crippen LogP contribution in [-0.2, 0) is 9.05 Å². The number of halogens is 3. The third kappa shape index (κ3) is 3.94. The highest BCUT2D eigenvalue weighted by Gasteiger charge is 2.22. The molecular weight excluding hydrogens is 343 g/mol. The zero-order valence-corrected chi connectivity index (χ0v) is 13.8. The van der Waals surface area contributed by atoms with Gasteiger partial charge >= 0.3 is 0 Å². The molecule has 1 aromatic carbocycles. The summed E-state index contributed by atoms with van der Waals surface area (Å²) in [5, 5.41) is 0.00503. The van der Waals surface area contributed by atoms with Crippen molar-refractivity contribution in [1.29, 1.82) is 0 Å². The first-order valence-electron chi connectivity index (χ1n) is 6.49. The molecule has 0 radical (unpaired) electrons. The van der Waals surface area contributed by atoms with Gasteiger partial charge in [-0.1, -0.05) is 36.0 Å². The molecular formula is C13H15Cl3O3S. The second-order valence-electron chi connectivity index (χ2n) is 4.86. The van der Waals surface area contributed by atoms with E-state index in [9.17, 15) is 8.42 Å². The number of hydrogen-bond acceptors (Lipinski definition) is 3. The average Bonchev–Trinajstić information content (AvgIpc) is 2.62. The van der Waals surface area contributed by atoms with Crippen LogP contribution in [0.5, 0.6) is 5.75 Å². The van der Waals surface area contributed by atoms with Crippen LogP contribution in [0.1, 0.15) is 38.5 Å². The van der Waals surface area contributed by atoms with Crippen molar-refractivity contribution in [2.24, 2.45) is 0 Å². The molecule has 3 nitrogen and oxygen atoms in total. The van der Waals surface area contributed by atoms with E-state index in [-0.39, 0.29) is 21.0 Å². The van der Waals surface area contributed by atoms with Gasteiger partial charge in [0, 0.05) is 10.7 Å². The van der Waals surface area contributed by atoms with Crippen molar-refractivity contribution in [2.75, 3.05) is 0 Å². The molecule has 112 valence electrons. The third-order valence-corrected chi connectivity index (χ3v) is 5.71. The molecule has 1 saturated carbocycles. The van der Waals surface area contributed by atoms with Crippen molar-refractivity contribution in [3.05, 3.63) is 22.2 Å². The minimum atomic E-state index is -3.91. The Morgan fingerprint density at radius 2 is 1.60 bits per heavy atom. The molecule has 1 fully saturated rings. The quantitative estimate of drug-likeness (QED) is 0.563. The fraction of sp³-hybridized carbons (Fsp3) is 0.538. The molecule has 0 bridgehead atoms. The lowest BCUT2D eigenvalue weighted by molar-refractivity contribution is 0.184. The Hall–Kier alpha value is -0.160. The number of rotatable bonds is 3. The highest BCUT2D eigenvalue weighted by molar-refractivity contribution is 8.13. The third-order valence-electron chi connectivity index (χ3n) is 3.37. The highest BCUT2D eigenvalue weighted by Crippen LogP contribution is 2.39. The summed E-state index contributed by atoms with van der Waals surface area (Å²) in [5.74, 6) is 0.410. The summed E-state index contributed by atoms with van der Waals surface area (Å²) < 4.78 is 28.5. The molecule has 0 aromatic heterocycles. The molecule has 0 saturated heterocycles. The molecule has 20 heavy (non-hydrogen) atoms. The van der Waals surface area contributed by atoms with Gasteiger partial charge in [0.15, 0.2) is 0 Å². The van der Waals surface area contributed by atoms with Crippen LogP contribution in [0.4, 0.5) is 0 Å². The minimum Gasteiger partial charge on any atom is -0.489 e. The number of benzene rings is 1. The predicted octanol–water partition coefficient (Wildman–Crippen LogP) is 5.02. The van der Waals surface area contributed by atoms with Crippen molar-refractivity contribution in [2.45, 2.75) is 49.5 Å². The van der Waals surface area contributed by atoms with Gasteiger partial charge in [0.1, 0.15) is 15.7 Å². The summed E-state index contributed by atoms with van der Waals surface area (Å²) in [6.45, 7) is 0. The van der Waals surface area contributed by atoms with E-state index in [1.165, 1.54) is 25.0 Å².